The van der Waals surface area contributed by atoms with Crippen molar-refractivity contribution >= 4 is 0 Å². The number of nitrogens with two attached hydrogens (primary N) is 1. The molecule has 104 valence electrons. The van der Waals surface area contributed by atoms with E-state index in [0.717, 1.165) is 6.42 Å². The molecule has 2 nitrogen and oxygen atoms in total. The van der Waals surface area contributed by atoms with Crippen molar-refractivity contribution in [3.8, 4) is 5.75 Å². The van der Waals surface area contributed by atoms with Gasteiger partial charge in [-0.05, 0) is 35.2 Å². The van der Waals surface area contributed by atoms with Crippen LogP contribution in [0.5, 0.6) is 5.75 Å². The molecule has 2 aromatic carbocycles. The molecule has 1 atom stereocenters. The van der Waals surface area contributed by atoms with Gasteiger partial charge in [0.05, 0.1) is 6.61 Å². The number of ether oxygens (including phenoxy) is 1. The van der Waals surface area contributed by atoms with Crippen molar-refractivity contribution < 1.29 is 13.5 Å². The molecule has 2 N–H and O–H groups in total. The van der Waals surface area contributed by atoms with Crippen molar-refractivity contribution in [2.24, 2.45) is 5.73 Å². The third-order valence-electron chi connectivity index (χ3n) is 3.68. The molecule has 0 bridgehead atoms. The first-order valence-electron chi connectivity index (χ1n) is 6.57. The molecule has 0 aromatic heterocycles. The first-order chi connectivity index (χ1) is 9.69. The van der Waals surface area contributed by atoms with Crippen LogP contribution in [-0.2, 0) is 13.0 Å². The molecule has 0 saturated carbocycles. The highest BCUT2D eigenvalue weighted by atomic mass is 19.1. The maximum atomic E-state index is 13.7. The van der Waals surface area contributed by atoms with Gasteiger partial charge in [-0.3, -0.25) is 0 Å². The molecule has 0 aliphatic heterocycles. The summed E-state index contributed by atoms with van der Waals surface area (Å²) in [5.41, 5.74) is 8.27. The quantitative estimate of drug-likeness (QED) is 0.930. The number of halogens is 2. The molecule has 20 heavy (non-hydrogen) atoms. The van der Waals surface area contributed by atoms with E-state index in [4.69, 9.17) is 10.5 Å². The zero-order chi connectivity index (χ0) is 14.1. The van der Waals surface area contributed by atoms with E-state index >= 15 is 0 Å². The fourth-order valence-corrected chi connectivity index (χ4v) is 2.56. The third-order valence-corrected chi connectivity index (χ3v) is 3.68. The molecule has 2 aromatic rings. The second-order valence-electron chi connectivity index (χ2n) is 5.00. The monoisotopic (exact) mass is 275 g/mol. The van der Waals surface area contributed by atoms with Crippen LogP contribution in [0.15, 0.2) is 36.4 Å². The van der Waals surface area contributed by atoms with E-state index in [1.165, 1.54) is 23.3 Å². The summed E-state index contributed by atoms with van der Waals surface area (Å²) in [7, 11) is 0. The maximum Gasteiger partial charge on any atom is 0.190 e. The number of fused-ring (bicyclic) bond motifs is 1. The van der Waals surface area contributed by atoms with Crippen molar-refractivity contribution in [2.45, 2.75) is 18.9 Å². The normalized spacial score (nSPS) is 16.4. The number of benzene rings is 2. The van der Waals surface area contributed by atoms with Crippen LogP contribution in [0.3, 0.4) is 0 Å². The van der Waals surface area contributed by atoms with Gasteiger partial charge in [0.25, 0.3) is 0 Å². The average Bonchev–Trinajstić information content (AvgIpc) is 2.42. The zero-order valence-electron chi connectivity index (χ0n) is 10.9. The summed E-state index contributed by atoms with van der Waals surface area (Å²) in [6, 6.07) is 10.5. The van der Waals surface area contributed by atoms with Gasteiger partial charge in [-0.1, -0.05) is 24.3 Å². The minimum absolute atomic E-state index is 0.101. The van der Waals surface area contributed by atoms with Crippen LogP contribution < -0.4 is 10.5 Å². The van der Waals surface area contributed by atoms with Gasteiger partial charge in [0, 0.05) is 12.5 Å². The number of rotatable bonds is 4. The molecule has 0 heterocycles. The molecule has 1 unspecified atom stereocenters. The predicted octanol–water partition coefficient (Wildman–Crippen LogP) is 3.14. The van der Waals surface area contributed by atoms with Gasteiger partial charge in [-0.15, -0.1) is 0 Å². The van der Waals surface area contributed by atoms with Crippen LogP contribution in [0, 0.1) is 11.6 Å². The molecule has 1 aliphatic carbocycles. The molecule has 0 spiro atoms. The zero-order valence-corrected chi connectivity index (χ0v) is 10.9. The summed E-state index contributed by atoms with van der Waals surface area (Å²) in [6.45, 7) is 0.386. The highest BCUT2D eigenvalue weighted by molar-refractivity contribution is 5.40. The Bertz CT molecular complexity index is 619. The van der Waals surface area contributed by atoms with Gasteiger partial charge < -0.3 is 10.5 Å². The molecule has 3 rings (SSSR count). The molecule has 0 saturated heterocycles. The summed E-state index contributed by atoms with van der Waals surface area (Å²) in [5.74, 6) is -1.50. The molecule has 0 radical (unpaired) electrons. The minimum Gasteiger partial charge on any atom is -0.487 e. The van der Waals surface area contributed by atoms with E-state index in [1.54, 1.807) is 0 Å². The lowest BCUT2D eigenvalue weighted by Gasteiger charge is -2.29. The number of hydrogen-bond acceptors (Lipinski definition) is 2. The molecular formula is C16H15F2NO. The summed E-state index contributed by atoms with van der Waals surface area (Å²) >= 11 is 0. The van der Waals surface area contributed by atoms with Crippen molar-refractivity contribution in [1.29, 1.82) is 0 Å². The van der Waals surface area contributed by atoms with Gasteiger partial charge in [0.2, 0.25) is 0 Å². The Morgan fingerprint density at radius 2 is 1.85 bits per heavy atom. The lowest BCUT2D eigenvalue weighted by Crippen LogP contribution is -2.23. The summed E-state index contributed by atoms with van der Waals surface area (Å²) in [5, 5.41) is 0. The first-order valence-corrected chi connectivity index (χ1v) is 6.57. The molecule has 0 amide bonds. The molecule has 4 heteroatoms. The Morgan fingerprint density at radius 1 is 1.15 bits per heavy atom. The standard InChI is InChI=1S/C16H15F2NO/c17-14-5-10(8-19)6-15(18)16(14)20-9-12-7-11-3-1-2-4-13(11)12/h1-6,12H,7-9,19H2. The lowest BCUT2D eigenvalue weighted by molar-refractivity contribution is 0.251. The van der Waals surface area contributed by atoms with Crippen LogP contribution in [0.1, 0.15) is 22.6 Å². The van der Waals surface area contributed by atoms with Gasteiger partial charge >= 0.3 is 0 Å². The van der Waals surface area contributed by atoms with E-state index in [0.29, 0.717) is 5.56 Å². The number of hydrogen-bond donors (Lipinski definition) is 1. The first kappa shape index (κ1) is 13.1. The van der Waals surface area contributed by atoms with E-state index in [9.17, 15) is 8.78 Å². The fourth-order valence-electron chi connectivity index (χ4n) is 2.56. The van der Waals surface area contributed by atoms with E-state index in [2.05, 4.69) is 6.07 Å². The van der Waals surface area contributed by atoms with Gasteiger partial charge in [-0.2, -0.15) is 0 Å². The Labute approximate surface area is 116 Å². The largest absolute Gasteiger partial charge is 0.487 e. The van der Waals surface area contributed by atoms with Crippen molar-refractivity contribution in [1.82, 2.24) is 0 Å². The van der Waals surface area contributed by atoms with Crippen LogP contribution in [0.2, 0.25) is 0 Å². The smallest absolute Gasteiger partial charge is 0.190 e. The third kappa shape index (κ3) is 2.27. The van der Waals surface area contributed by atoms with Crippen molar-refractivity contribution in [3.05, 3.63) is 64.7 Å². The van der Waals surface area contributed by atoms with Crippen LogP contribution in [0.4, 0.5) is 8.78 Å². The molecular weight excluding hydrogens is 260 g/mol. The molecule has 0 fully saturated rings. The van der Waals surface area contributed by atoms with Crippen molar-refractivity contribution in [2.75, 3.05) is 6.61 Å². The Balaban J connectivity index is 1.71. The van der Waals surface area contributed by atoms with Gasteiger partial charge in [0.1, 0.15) is 0 Å². The second kappa shape index (κ2) is 5.21. The van der Waals surface area contributed by atoms with E-state index < -0.39 is 11.6 Å². The summed E-state index contributed by atoms with van der Waals surface area (Å²) in [4.78, 5) is 0. The topological polar surface area (TPSA) is 35.2 Å². The predicted molar refractivity (Wildman–Crippen MR) is 72.6 cm³/mol. The minimum atomic E-state index is -0.696. The van der Waals surface area contributed by atoms with Crippen LogP contribution in [-0.4, -0.2) is 6.61 Å². The lowest BCUT2D eigenvalue weighted by atomic mass is 9.78. The second-order valence-corrected chi connectivity index (χ2v) is 5.00. The van der Waals surface area contributed by atoms with E-state index in [-0.39, 0.29) is 24.8 Å². The average molecular weight is 275 g/mol. The van der Waals surface area contributed by atoms with Gasteiger partial charge in [0.15, 0.2) is 17.4 Å². The fraction of sp³-hybridized carbons (Fsp3) is 0.250. The van der Waals surface area contributed by atoms with Crippen LogP contribution >= 0.6 is 0 Å². The highest BCUT2D eigenvalue weighted by Crippen LogP contribution is 2.35. The summed E-state index contributed by atoms with van der Waals surface area (Å²) < 4.78 is 32.8. The SMILES string of the molecule is NCc1cc(F)c(OCC2Cc3ccccc32)c(F)c1. The maximum absolute atomic E-state index is 13.7. The Hall–Kier alpha value is -1.94. The van der Waals surface area contributed by atoms with E-state index in [1.807, 2.05) is 18.2 Å². The van der Waals surface area contributed by atoms with Gasteiger partial charge in [-0.25, -0.2) is 8.78 Å². The Morgan fingerprint density at radius 3 is 2.50 bits per heavy atom. The summed E-state index contributed by atoms with van der Waals surface area (Å²) in [6.07, 6.45) is 0.889. The van der Waals surface area contributed by atoms with Crippen molar-refractivity contribution in [3.63, 3.8) is 0 Å². The Kier molecular flexibility index (Phi) is 3.40. The molecule has 1 aliphatic rings. The highest BCUT2D eigenvalue weighted by Gasteiger charge is 2.26. The van der Waals surface area contributed by atoms with Crippen LogP contribution in [0.25, 0.3) is 0 Å².